The third-order valence-electron chi connectivity index (χ3n) is 2.33. The van der Waals surface area contributed by atoms with Crippen LogP contribution < -0.4 is 0 Å². The Hall–Kier alpha value is -1.72. The Balaban J connectivity index is 2.44. The van der Waals surface area contributed by atoms with Gasteiger partial charge in [0.1, 0.15) is 0 Å². The van der Waals surface area contributed by atoms with Crippen LogP contribution in [0.15, 0.2) is 42.5 Å². The minimum atomic E-state index is 0.709. The maximum Gasteiger partial charge on any atom is 0.0998 e. The van der Waals surface area contributed by atoms with Gasteiger partial charge in [0.25, 0.3) is 0 Å². The molecule has 15 heavy (non-hydrogen) atoms. The van der Waals surface area contributed by atoms with E-state index in [0.29, 0.717) is 5.56 Å². The van der Waals surface area contributed by atoms with Crippen molar-refractivity contribution in [3.05, 3.63) is 53.6 Å². The Kier molecular flexibility index (Phi) is 2.75. The third-order valence-corrected chi connectivity index (χ3v) is 2.63. The van der Waals surface area contributed by atoms with Crippen molar-refractivity contribution in [2.75, 3.05) is 0 Å². The zero-order chi connectivity index (χ0) is 10.7. The van der Waals surface area contributed by atoms with Gasteiger partial charge in [0.05, 0.1) is 11.6 Å². The van der Waals surface area contributed by atoms with Gasteiger partial charge < -0.3 is 0 Å². The maximum atomic E-state index is 8.97. The molecule has 0 aromatic heterocycles. The van der Waals surface area contributed by atoms with Crippen LogP contribution in [0.3, 0.4) is 0 Å². The molecule has 0 saturated heterocycles. The molecular formula is C13H9NS. The number of thiocarbonyl (C=S) groups is 1. The second-order valence-electron chi connectivity index (χ2n) is 3.32. The Morgan fingerprint density at radius 2 is 2.00 bits per heavy atom. The molecule has 0 unspecified atom stereocenters. The summed E-state index contributed by atoms with van der Waals surface area (Å²) in [6, 6.07) is 9.81. The average Bonchev–Trinajstić information content (AvgIpc) is 2.30. The van der Waals surface area contributed by atoms with Crippen molar-refractivity contribution in [3.8, 4) is 6.07 Å². The van der Waals surface area contributed by atoms with Gasteiger partial charge in [-0.1, -0.05) is 42.6 Å². The van der Waals surface area contributed by atoms with Crippen molar-refractivity contribution in [1.82, 2.24) is 0 Å². The van der Waals surface area contributed by atoms with Gasteiger partial charge in [0.2, 0.25) is 0 Å². The van der Waals surface area contributed by atoms with Crippen LogP contribution in [0.2, 0.25) is 0 Å². The largest absolute Gasteiger partial charge is 0.192 e. The molecule has 0 N–H and O–H groups in total. The number of allylic oxidation sites excluding steroid dienone is 4. The number of nitriles is 1. The van der Waals surface area contributed by atoms with Crippen LogP contribution >= 0.6 is 12.2 Å². The Bertz CT molecular complexity index is 504. The minimum Gasteiger partial charge on any atom is -0.192 e. The first-order valence-corrected chi connectivity index (χ1v) is 5.12. The summed E-state index contributed by atoms with van der Waals surface area (Å²) >= 11 is 5.07. The van der Waals surface area contributed by atoms with E-state index < -0.39 is 0 Å². The lowest BCUT2D eigenvalue weighted by atomic mass is 9.96. The van der Waals surface area contributed by atoms with Gasteiger partial charge >= 0.3 is 0 Å². The number of hydrogen-bond donors (Lipinski definition) is 0. The molecule has 0 aliphatic heterocycles. The molecule has 0 saturated carbocycles. The predicted octanol–water partition coefficient (Wildman–Crippen LogP) is 3.27. The highest BCUT2D eigenvalue weighted by molar-refractivity contribution is 7.80. The lowest BCUT2D eigenvalue weighted by molar-refractivity contribution is 1.44. The maximum absolute atomic E-state index is 8.97. The predicted molar refractivity (Wildman–Crippen MR) is 65.5 cm³/mol. The van der Waals surface area contributed by atoms with Crippen LogP contribution in [-0.4, -0.2) is 4.86 Å². The topological polar surface area (TPSA) is 23.8 Å². The second-order valence-corrected chi connectivity index (χ2v) is 3.85. The number of rotatable bonds is 1. The zero-order valence-electron chi connectivity index (χ0n) is 8.10. The highest BCUT2D eigenvalue weighted by atomic mass is 32.1. The normalized spacial score (nSPS) is 14.6. The van der Waals surface area contributed by atoms with Crippen molar-refractivity contribution in [2.45, 2.75) is 6.42 Å². The summed E-state index contributed by atoms with van der Waals surface area (Å²) in [5.41, 5.74) is 2.78. The monoisotopic (exact) mass is 211 g/mol. The van der Waals surface area contributed by atoms with E-state index in [1.54, 1.807) is 0 Å². The molecule has 1 aliphatic rings. The SMILES string of the molecule is N#Cc1ccccc1C1=CCC(=S)C=C1. The van der Waals surface area contributed by atoms with Gasteiger partial charge in [0.15, 0.2) is 0 Å². The van der Waals surface area contributed by atoms with Crippen LogP contribution in [0, 0.1) is 11.3 Å². The highest BCUT2D eigenvalue weighted by Crippen LogP contribution is 2.23. The summed E-state index contributed by atoms with van der Waals surface area (Å²) in [4.78, 5) is 0.938. The molecule has 1 aromatic rings. The molecule has 0 fully saturated rings. The molecule has 0 atom stereocenters. The van der Waals surface area contributed by atoms with Gasteiger partial charge in [0, 0.05) is 11.3 Å². The van der Waals surface area contributed by atoms with E-state index in [-0.39, 0.29) is 0 Å². The van der Waals surface area contributed by atoms with Gasteiger partial charge in [-0.3, -0.25) is 0 Å². The Morgan fingerprint density at radius 1 is 1.20 bits per heavy atom. The Morgan fingerprint density at radius 3 is 2.67 bits per heavy atom. The molecule has 1 aromatic carbocycles. The first kappa shape index (κ1) is 9.82. The highest BCUT2D eigenvalue weighted by Gasteiger charge is 2.07. The number of benzene rings is 1. The fourth-order valence-corrected chi connectivity index (χ4v) is 1.71. The van der Waals surface area contributed by atoms with E-state index in [4.69, 9.17) is 17.5 Å². The van der Waals surface area contributed by atoms with E-state index >= 15 is 0 Å². The molecular weight excluding hydrogens is 202 g/mol. The fourth-order valence-electron chi connectivity index (χ4n) is 1.56. The third kappa shape index (κ3) is 2.03. The fraction of sp³-hybridized carbons (Fsp3) is 0.0769. The number of nitrogens with zero attached hydrogens (tertiary/aromatic N) is 1. The summed E-state index contributed by atoms with van der Waals surface area (Å²) < 4.78 is 0. The van der Waals surface area contributed by atoms with E-state index in [1.165, 1.54) is 0 Å². The molecule has 1 nitrogen and oxygen atoms in total. The van der Waals surface area contributed by atoms with Crippen molar-refractivity contribution in [1.29, 1.82) is 5.26 Å². The molecule has 1 aliphatic carbocycles. The van der Waals surface area contributed by atoms with E-state index in [2.05, 4.69) is 12.1 Å². The van der Waals surface area contributed by atoms with Crippen LogP contribution in [0.5, 0.6) is 0 Å². The quantitative estimate of drug-likeness (QED) is 0.666. The van der Waals surface area contributed by atoms with Crippen molar-refractivity contribution < 1.29 is 0 Å². The van der Waals surface area contributed by atoms with Crippen LogP contribution in [0.25, 0.3) is 5.57 Å². The first-order valence-electron chi connectivity index (χ1n) is 4.72. The molecule has 0 amide bonds. The van der Waals surface area contributed by atoms with Gasteiger partial charge in [-0.2, -0.15) is 5.26 Å². The smallest absolute Gasteiger partial charge is 0.0998 e. The van der Waals surface area contributed by atoms with Crippen LogP contribution in [0.4, 0.5) is 0 Å². The van der Waals surface area contributed by atoms with Crippen LogP contribution in [-0.2, 0) is 0 Å². The molecule has 2 heteroatoms. The summed E-state index contributed by atoms with van der Waals surface area (Å²) in [5.74, 6) is 0. The van der Waals surface area contributed by atoms with E-state index in [1.807, 2.05) is 36.4 Å². The standard InChI is InChI=1S/C13H9NS/c14-9-11-3-1-2-4-13(11)10-5-7-12(15)8-6-10/h1-7H,8H2. The summed E-state index contributed by atoms with van der Waals surface area (Å²) in [5, 5.41) is 8.97. The Labute approximate surface area is 94.4 Å². The molecule has 0 bridgehead atoms. The van der Waals surface area contributed by atoms with Gasteiger partial charge in [-0.15, -0.1) is 0 Å². The van der Waals surface area contributed by atoms with Crippen molar-refractivity contribution in [3.63, 3.8) is 0 Å². The molecule has 0 spiro atoms. The lowest BCUT2D eigenvalue weighted by Gasteiger charge is -2.08. The zero-order valence-corrected chi connectivity index (χ0v) is 8.92. The van der Waals surface area contributed by atoms with E-state index in [9.17, 15) is 0 Å². The van der Waals surface area contributed by atoms with Crippen molar-refractivity contribution in [2.24, 2.45) is 0 Å². The van der Waals surface area contributed by atoms with Gasteiger partial charge in [-0.05, 0) is 23.3 Å². The molecule has 2 rings (SSSR count). The summed E-state index contributed by atoms with van der Waals surface area (Å²) in [6.45, 7) is 0. The molecule has 72 valence electrons. The molecule has 0 radical (unpaired) electrons. The van der Waals surface area contributed by atoms with Crippen LogP contribution in [0.1, 0.15) is 17.5 Å². The first-order chi connectivity index (χ1) is 7.31. The lowest BCUT2D eigenvalue weighted by Crippen LogP contribution is -1.95. The van der Waals surface area contributed by atoms with Crippen molar-refractivity contribution >= 4 is 22.7 Å². The van der Waals surface area contributed by atoms with Gasteiger partial charge in [-0.25, -0.2) is 0 Å². The average molecular weight is 211 g/mol. The van der Waals surface area contributed by atoms with E-state index in [0.717, 1.165) is 22.4 Å². The molecule has 0 heterocycles. The minimum absolute atomic E-state index is 0.709. The summed E-state index contributed by atoms with van der Waals surface area (Å²) in [6.07, 6.45) is 6.76. The number of hydrogen-bond acceptors (Lipinski definition) is 2. The summed E-state index contributed by atoms with van der Waals surface area (Å²) in [7, 11) is 0. The second kappa shape index (κ2) is 4.20.